The number of benzene rings is 4. The number of amides is 1. The average molecular weight is 971 g/mol. The smallest absolute Gasteiger partial charge is 0.412 e. The molecule has 62 heavy (non-hydrogen) atoms. The van der Waals surface area contributed by atoms with E-state index in [0.29, 0.717) is 36.6 Å². The van der Waals surface area contributed by atoms with Gasteiger partial charge in [-0.1, -0.05) is 58.5 Å². The molecule has 0 bridgehead atoms. The van der Waals surface area contributed by atoms with E-state index in [-0.39, 0.29) is 38.9 Å². The van der Waals surface area contributed by atoms with Crippen LogP contribution in [0.25, 0.3) is 0 Å². The summed E-state index contributed by atoms with van der Waals surface area (Å²) in [5.41, 5.74) is 5.25. The van der Waals surface area contributed by atoms with Crippen molar-refractivity contribution in [1.29, 1.82) is 0 Å². The van der Waals surface area contributed by atoms with E-state index in [1.165, 1.54) is 28.6 Å². The van der Waals surface area contributed by atoms with Gasteiger partial charge in [-0.15, -0.1) is 0 Å². The molecule has 19 heteroatoms. The highest BCUT2D eigenvalue weighted by Gasteiger charge is 2.35. The van der Waals surface area contributed by atoms with Crippen LogP contribution in [0.4, 0.5) is 27.5 Å². The van der Waals surface area contributed by atoms with Crippen LogP contribution >= 0.6 is 46.4 Å². The predicted octanol–water partition coefficient (Wildman–Crippen LogP) is 9.76. The summed E-state index contributed by atoms with van der Waals surface area (Å²) < 4.78 is 67.4. The lowest BCUT2D eigenvalue weighted by Gasteiger charge is -2.35. The quantitative estimate of drug-likeness (QED) is 0.111. The normalized spacial score (nSPS) is 14.9. The largest absolute Gasteiger partial charge is 0.505 e. The fourth-order valence-electron chi connectivity index (χ4n) is 8.27. The summed E-state index contributed by atoms with van der Waals surface area (Å²) in [4.78, 5) is 19.2. The molecular weight excluding hydrogens is 918 g/mol. The van der Waals surface area contributed by atoms with Crippen LogP contribution in [0.15, 0.2) is 58.3 Å². The maximum Gasteiger partial charge on any atom is 0.412 e. The second-order valence-electron chi connectivity index (χ2n) is 15.9. The highest BCUT2D eigenvalue weighted by molar-refractivity contribution is 7.93. The SMILES string of the molecule is Cc1cc(C)c(N(CCN(C)C)S(=O)(=O)c2cc(Cl)cc(Cl)c2OC(=O)NCc2c(NS(=O)(=O)c3cc(Cl)cc(Cl)c3O)cccc2N2CCCCC2)c(C)c1N1CCCCC1. The van der Waals surface area contributed by atoms with Crippen LogP contribution in [-0.4, -0.2) is 86.3 Å². The number of anilines is 4. The Balaban J connectivity index is 1.36. The first kappa shape index (κ1) is 47.6. The van der Waals surface area contributed by atoms with E-state index in [1.807, 2.05) is 51.9 Å². The Labute approximate surface area is 384 Å². The van der Waals surface area contributed by atoms with E-state index < -0.39 is 47.4 Å². The molecule has 2 aliphatic heterocycles. The molecule has 3 N–H and O–H groups in total. The second kappa shape index (κ2) is 19.9. The van der Waals surface area contributed by atoms with E-state index in [2.05, 4.69) is 19.8 Å². The van der Waals surface area contributed by atoms with Crippen molar-refractivity contribution in [3.8, 4) is 11.5 Å². The zero-order valence-corrected chi connectivity index (χ0v) is 40.0. The Hall–Kier alpha value is -3.83. The number of aromatic hydroxyl groups is 1. The molecule has 0 saturated carbocycles. The third-order valence-electron chi connectivity index (χ3n) is 11.1. The lowest BCUT2D eigenvalue weighted by Crippen LogP contribution is -2.39. The van der Waals surface area contributed by atoms with Crippen LogP contribution in [0.2, 0.25) is 20.1 Å². The number of piperidine rings is 2. The number of ether oxygens (including phenoxy) is 1. The summed E-state index contributed by atoms with van der Waals surface area (Å²) in [7, 11) is -5.31. The molecule has 4 aromatic carbocycles. The molecular formula is C43H52Cl4N6O7S2. The van der Waals surface area contributed by atoms with E-state index in [9.17, 15) is 18.3 Å². The summed E-state index contributed by atoms with van der Waals surface area (Å²) in [6.07, 6.45) is 4.98. The first-order valence-electron chi connectivity index (χ1n) is 20.4. The van der Waals surface area contributed by atoms with Crippen molar-refractivity contribution in [3.05, 3.63) is 90.9 Å². The number of aryl methyl sites for hydroxylation is 2. The van der Waals surface area contributed by atoms with Gasteiger partial charge in [-0.05, 0) is 126 Å². The minimum atomic E-state index is -4.54. The highest BCUT2D eigenvalue weighted by Crippen LogP contribution is 2.43. The van der Waals surface area contributed by atoms with Crippen LogP contribution in [0.5, 0.6) is 11.5 Å². The molecule has 0 unspecified atom stereocenters. The lowest BCUT2D eigenvalue weighted by atomic mass is 9.99. The summed E-state index contributed by atoms with van der Waals surface area (Å²) in [5.74, 6) is -1.11. The number of rotatable bonds is 14. The Morgan fingerprint density at radius 2 is 1.37 bits per heavy atom. The molecule has 6 rings (SSSR count). The van der Waals surface area contributed by atoms with Gasteiger partial charge in [-0.3, -0.25) is 9.03 Å². The first-order valence-corrected chi connectivity index (χ1v) is 24.8. The molecule has 0 aliphatic carbocycles. The van der Waals surface area contributed by atoms with Gasteiger partial charge in [0.1, 0.15) is 9.79 Å². The van der Waals surface area contributed by atoms with Gasteiger partial charge in [0, 0.05) is 66.3 Å². The third-order valence-corrected chi connectivity index (χ3v) is 15.3. The zero-order valence-electron chi connectivity index (χ0n) is 35.3. The molecule has 2 saturated heterocycles. The summed E-state index contributed by atoms with van der Waals surface area (Å²) in [6.45, 7) is 9.11. The van der Waals surface area contributed by atoms with Crippen LogP contribution < -0.4 is 28.9 Å². The molecule has 0 spiro atoms. The molecule has 1 amide bonds. The molecule has 0 radical (unpaired) electrons. The first-order chi connectivity index (χ1) is 29.3. The average Bonchev–Trinajstić information content (AvgIpc) is 3.21. The van der Waals surface area contributed by atoms with Gasteiger partial charge >= 0.3 is 6.09 Å². The van der Waals surface area contributed by atoms with Crippen molar-refractivity contribution in [2.75, 3.05) is 72.2 Å². The van der Waals surface area contributed by atoms with Crippen molar-refractivity contribution in [2.45, 2.75) is 75.6 Å². The van der Waals surface area contributed by atoms with Gasteiger partial charge in [-0.2, -0.15) is 0 Å². The van der Waals surface area contributed by atoms with Crippen molar-refractivity contribution < 1.29 is 31.5 Å². The molecule has 336 valence electrons. The van der Waals surface area contributed by atoms with E-state index in [4.69, 9.17) is 51.1 Å². The van der Waals surface area contributed by atoms with E-state index >= 15 is 8.42 Å². The third kappa shape index (κ3) is 10.6. The van der Waals surface area contributed by atoms with Gasteiger partial charge < -0.3 is 29.9 Å². The fourth-order valence-corrected chi connectivity index (χ4v) is 12.5. The molecule has 0 atom stereocenters. The van der Waals surface area contributed by atoms with Gasteiger partial charge in [-0.25, -0.2) is 21.6 Å². The zero-order chi connectivity index (χ0) is 45.1. The number of hydrogen-bond donors (Lipinski definition) is 3. The summed E-state index contributed by atoms with van der Waals surface area (Å²) in [6, 6.07) is 11.8. The lowest BCUT2D eigenvalue weighted by molar-refractivity contribution is 0.199. The predicted molar refractivity (Wildman–Crippen MR) is 251 cm³/mol. The molecule has 2 heterocycles. The monoisotopic (exact) mass is 968 g/mol. The van der Waals surface area contributed by atoms with E-state index in [1.54, 1.807) is 6.07 Å². The Morgan fingerprint density at radius 1 is 0.774 bits per heavy atom. The van der Waals surface area contributed by atoms with Crippen LogP contribution in [0.1, 0.15) is 60.8 Å². The second-order valence-corrected chi connectivity index (χ2v) is 21.1. The van der Waals surface area contributed by atoms with Gasteiger partial charge in [0.25, 0.3) is 20.0 Å². The number of hydrogen-bond acceptors (Lipinski definition) is 10. The Kier molecular flexibility index (Phi) is 15.3. The maximum absolute atomic E-state index is 15.1. The Bertz CT molecular complexity index is 2550. The molecule has 0 aromatic heterocycles. The Morgan fingerprint density at radius 3 is 2.00 bits per heavy atom. The van der Waals surface area contributed by atoms with Gasteiger partial charge in [0.05, 0.1) is 28.0 Å². The number of phenols is 1. The molecule has 2 aliphatic rings. The van der Waals surface area contributed by atoms with Crippen LogP contribution in [0, 0.1) is 20.8 Å². The number of nitrogens with one attached hydrogen (secondary N) is 2. The number of carbonyl (C=O) groups is 1. The minimum absolute atomic E-state index is 0.00530. The number of nitrogens with zero attached hydrogens (tertiary/aromatic N) is 4. The molecule has 13 nitrogen and oxygen atoms in total. The standard InChI is InChI=1S/C43H52Cl4N6O7S2/c1-27-21-28(2)40(29(3)39(27)52-17-10-7-11-18-52)53(20-19-50(4)5)62(58,59)38-25-31(45)23-34(47)42(38)60-43(55)48-26-32-35(13-12-14-36(32)51-15-8-6-9-16-51)49-61(56,57)37-24-30(44)22-33(46)41(37)54/h12-14,21-25,49,54H,6-11,15-20,26H2,1-5H3,(H,48,55). The van der Waals surface area contributed by atoms with Crippen molar-refractivity contribution in [1.82, 2.24) is 10.2 Å². The summed E-state index contributed by atoms with van der Waals surface area (Å²) >= 11 is 25.4. The highest BCUT2D eigenvalue weighted by atomic mass is 35.5. The van der Waals surface area contributed by atoms with Crippen molar-refractivity contribution >= 4 is 95.3 Å². The van der Waals surface area contributed by atoms with Crippen LogP contribution in [0.3, 0.4) is 0 Å². The number of phenolic OH excluding ortho intramolecular Hbond substituents is 1. The number of sulfonamides is 2. The fraction of sp³-hybridized carbons (Fsp3) is 0.419. The van der Waals surface area contributed by atoms with Gasteiger partial charge in [0.2, 0.25) is 0 Å². The topological polar surface area (TPSA) is 152 Å². The van der Waals surface area contributed by atoms with Gasteiger partial charge in [0.15, 0.2) is 11.5 Å². The van der Waals surface area contributed by atoms with Crippen molar-refractivity contribution in [3.63, 3.8) is 0 Å². The number of carbonyl (C=O) groups excluding carboxylic acids is 1. The number of likely N-dealkylation sites (N-methyl/N-ethyl adjacent to an activating group) is 1. The van der Waals surface area contributed by atoms with Crippen molar-refractivity contribution in [2.24, 2.45) is 0 Å². The molecule has 2 fully saturated rings. The maximum atomic E-state index is 15.1. The van der Waals surface area contributed by atoms with Crippen LogP contribution in [-0.2, 0) is 26.6 Å². The summed E-state index contributed by atoms with van der Waals surface area (Å²) in [5, 5.41) is 12.8. The minimum Gasteiger partial charge on any atom is -0.505 e. The molecule has 4 aromatic rings. The van der Waals surface area contributed by atoms with E-state index in [0.717, 1.165) is 80.1 Å². The number of halogens is 4.